The summed E-state index contributed by atoms with van der Waals surface area (Å²) in [6.07, 6.45) is 5.73. The number of nitrogens with zero attached hydrogens (tertiary/aromatic N) is 3. The van der Waals surface area contributed by atoms with Crippen LogP contribution in [0.15, 0.2) is 60.8 Å². The Hall–Kier alpha value is -3.19. The number of amides is 1. The molecular formula is C26H29N3O3S. The van der Waals surface area contributed by atoms with Gasteiger partial charge in [-0.3, -0.25) is 9.48 Å². The van der Waals surface area contributed by atoms with E-state index >= 15 is 0 Å². The molecule has 1 aromatic heterocycles. The summed E-state index contributed by atoms with van der Waals surface area (Å²) in [5.74, 6) is -0.0345. The number of hydrogen-bond donors (Lipinski definition) is 0. The summed E-state index contributed by atoms with van der Waals surface area (Å²) < 4.78 is 25.5. The van der Waals surface area contributed by atoms with Gasteiger partial charge in [-0.05, 0) is 49.1 Å². The lowest BCUT2D eigenvalue weighted by molar-refractivity contribution is -0.126. The fourth-order valence-corrected chi connectivity index (χ4v) is 5.84. The molecule has 1 unspecified atom stereocenters. The van der Waals surface area contributed by atoms with Crippen molar-refractivity contribution in [3.8, 4) is 11.3 Å². The molecule has 1 amide bonds. The van der Waals surface area contributed by atoms with Crippen molar-refractivity contribution in [2.75, 3.05) is 18.6 Å². The zero-order chi connectivity index (χ0) is 23.6. The van der Waals surface area contributed by atoms with Crippen LogP contribution in [-0.4, -0.2) is 53.6 Å². The monoisotopic (exact) mass is 463 g/mol. The maximum absolute atomic E-state index is 12.8. The SMILES string of the molecule is Cc1ccc(-c2nn(Cc3ccccc3)cc2/C=C/C(=O)N(C)C2CCS(=O)(=O)C2)cc1C. The molecule has 1 fully saturated rings. The fourth-order valence-electron chi connectivity index (χ4n) is 4.06. The summed E-state index contributed by atoms with van der Waals surface area (Å²) in [6, 6.07) is 16.1. The number of likely N-dealkylation sites (N-methyl/N-ethyl adjacent to an activating group) is 1. The summed E-state index contributed by atoms with van der Waals surface area (Å²) in [5, 5.41) is 4.83. The Bertz CT molecular complexity index is 1290. The Labute approximate surface area is 195 Å². The van der Waals surface area contributed by atoms with Crippen molar-refractivity contribution < 1.29 is 13.2 Å². The number of carbonyl (C=O) groups excluding carboxylic acids is 1. The van der Waals surface area contributed by atoms with Crippen LogP contribution in [0.4, 0.5) is 0 Å². The highest BCUT2D eigenvalue weighted by Crippen LogP contribution is 2.26. The summed E-state index contributed by atoms with van der Waals surface area (Å²) in [4.78, 5) is 14.3. The maximum Gasteiger partial charge on any atom is 0.246 e. The van der Waals surface area contributed by atoms with Gasteiger partial charge in [-0.1, -0.05) is 42.5 Å². The molecule has 4 rings (SSSR count). The Morgan fingerprint density at radius 3 is 2.58 bits per heavy atom. The molecular weight excluding hydrogens is 434 g/mol. The van der Waals surface area contributed by atoms with Crippen molar-refractivity contribution >= 4 is 21.8 Å². The Kier molecular flexibility index (Phi) is 6.51. The first kappa shape index (κ1) is 23.0. The van der Waals surface area contributed by atoms with Crippen molar-refractivity contribution in [3.63, 3.8) is 0 Å². The number of carbonyl (C=O) groups is 1. The van der Waals surface area contributed by atoms with E-state index in [0.717, 1.165) is 22.4 Å². The predicted molar refractivity (Wildman–Crippen MR) is 132 cm³/mol. The summed E-state index contributed by atoms with van der Waals surface area (Å²) in [6.45, 7) is 4.77. The minimum atomic E-state index is -3.05. The molecule has 172 valence electrons. The largest absolute Gasteiger partial charge is 0.338 e. The first-order valence-electron chi connectivity index (χ1n) is 11.1. The van der Waals surface area contributed by atoms with Crippen LogP contribution in [-0.2, 0) is 21.2 Å². The standard InChI is InChI=1S/C26H29N3O3S/c1-19-9-10-22(15-20(19)2)26-23(17-29(27-26)16-21-7-5-4-6-8-21)11-12-25(30)28(3)24-13-14-33(31,32)18-24/h4-12,15,17,24H,13-14,16,18H2,1-3H3/b12-11+. The predicted octanol–water partition coefficient (Wildman–Crippen LogP) is 3.87. The molecule has 0 aliphatic carbocycles. The highest BCUT2D eigenvalue weighted by molar-refractivity contribution is 7.91. The van der Waals surface area contributed by atoms with Crippen molar-refractivity contribution in [1.82, 2.24) is 14.7 Å². The van der Waals surface area contributed by atoms with Crippen LogP contribution >= 0.6 is 0 Å². The highest BCUT2D eigenvalue weighted by atomic mass is 32.2. The normalized spacial score (nSPS) is 17.5. The van der Waals surface area contributed by atoms with Crippen LogP contribution < -0.4 is 0 Å². The lowest BCUT2D eigenvalue weighted by Gasteiger charge is -2.21. The quantitative estimate of drug-likeness (QED) is 0.520. The van der Waals surface area contributed by atoms with Gasteiger partial charge in [0.15, 0.2) is 9.84 Å². The molecule has 0 saturated carbocycles. The number of aryl methyl sites for hydroxylation is 2. The van der Waals surface area contributed by atoms with Gasteiger partial charge in [0, 0.05) is 36.5 Å². The molecule has 2 aromatic carbocycles. The Morgan fingerprint density at radius 2 is 1.91 bits per heavy atom. The second kappa shape index (κ2) is 9.35. The highest BCUT2D eigenvalue weighted by Gasteiger charge is 2.32. The smallest absolute Gasteiger partial charge is 0.246 e. The first-order valence-corrected chi connectivity index (χ1v) is 12.9. The van der Waals surface area contributed by atoms with Gasteiger partial charge in [-0.15, -0.1) is 0 Å². The number of rotatable bonds is 6. The van der Waals surface area contributed by atoms with E-state index in [4.69, 9.17) is 5.10 Å². The Balaban J connectivity index is 1.62. The minimum Gasteiger partial charge on any atom is -0.338 e. The zero-order valence-corrected chi connectivity index (χ0v) is 20.0. The van der Waals surface area contributed by atoms with Gasteiger partial charge < -0.3 is 4.90 Å². The van der Waals surface area contributed by atoms with Gasteiger partial charge in [0.1, 0.15) is 0 Å². The van der Waals surface area contributed by atoms with Crippen molar-refractivity contribution in [3.05, 3.63) is 83.1 Å². The van der Waals surface area contributed by atoms with E-state index in [1.54, 1.807) is 13.1 Å². The van der Waals surface area contributed by atoms with Crippen molar-refractivity contribution in [1.29, 1.82) is 0 Å². The molecule has 1 saturated heterocycles. The third kappa shape index (κ3) is 5.42. The molecule has 0 N–H and O–H groups in total. The number of benzene rings is 2. The topological polar surface area (TPSA) is 72.3 Å². The summed E-state index contributed by atoms with van der Waals surface area (Å²) >= 11 is 0. The van der Waals surface area contributed by atoms with Gasteiger partial charge >= 0.3 is 0 Å². The van der Waals surface area contributed by atoms with Gasteiger partial charge in [-0.25, -0.2) is 8.42 Å². The van der Waals surface area contributed by atoms with Crippen molar-refractivity contribution in [2.24, 2.45) is 0 Å². The molecule has 7 heteroatoms. The van der Waals surface area contributed by atoms with Crippen molar-refractivity contribution in [2.45, 2.75) is 32.9 Å². The lowest BCUT2D eigenvalue weighted by Crippen LogP contribution is -2.36. The van der Waals surface area contributed by atoms with Gasteiger partial charge in [0.05, 0.1) is 23.7 Å². The van der Waals surface area contributed by atoms with Crippen LogP contribution in [0, 0.1) is 13.8 Å². The van der Waals surface area contributed by atoms with Gasteiger partial charge in [-0.2, -0.15) is 5.10 Å². The van der Waals surface area contributed by atoms with E-state index in [-0.39, 0.29) is 23.5 Å². The molecule has 0 spiro atoms. The van der Waals surface area contributed by atoms with Crippen LogP contribution in [0.2, 0.25) is 0 Å². The zero-order valence-electron chi connectivity index (χ0n) is 19.2. The number of sulfone groups is 1. The molecule has 2 heterocycles. The minimum absolute atomic E-state index is 0.0337. The average Bonchev–Trinajstić information content (AvgIpc) is 3.36. The lowest BCUT2D eigenvalue weighted by atomic mass is 10.0. The molecule has 3 aromatic rings. The molecule has 0 radical (unpaired) electrons. The second-order valence-corrected chi connectivity index (χ2v) is 11.0. The molecule has 33 heavy (non-hydrogen) atoms. The maximum atomic E-state index is 12.8. The molecule has 0 bridgehead atoms. The van der Waals surface area contributed by atoms with Crippen LogP contribution in [0.3, 0.4) is 0 Å². The van der Waals surface area contributed by atoms with Crippen LogP contribution in [0.1, 0.15) is 28.7 Å². The van der Waals surface area contributed by atoms with E-state index in [0.29, 0.717) is 13.0 Å². The van der Waals surface area contributed by atoms with Gasteiger partial charge in [0.2, 0.25) is 5.91 Å². The molecule has 1 aliphatic rings. The number of aromatic nitrogens is 2. The Morgan fingerprint density at radius 1 is 1.15 bits per heavy atom. The second-order valence-electron chi connectivity index (χ2n) is 8.75. The summed E-state index contributed by atoms with van der Waals surface area (Å²) in [7, 11) is -1.38. The summed E-state index contributed by atoms with van der Waals surface area (Å²) in [5.41, 5.74) is 6.17. The van der Waals surface area contributed by atoms with Crippen LogP contribution in [0.5, 0.6) is 0 Å². The molecule has 6 nitrogen and oxygen atoms in total. The molecule has 1 atom stereocenters. The van der Waals surface area contributed by atoms with Gasteiger partial charge in [0.25, 0.3) is 0 Å². The van der Waals surface area contributed by atoms with E-state index in [1.807, 2.05) is 35.1 Å². The first-order chi connectivity index (χ1) is 15.7. The van der Waals surface area contributed by atoms with E-state index in [9.17, 15) is 13.2 Å². The van der Waals surface area contributed by atoms with Crippen LogP contribution in [0.25, 0.3) is 17.3 Å². The van der Waals surface area contributed by atoms with E-state index in [2.05, 4.69) is 38.1 Å². The third-order valence-corrected chi connectivity index (χ3v) is 8.02. The number of hydrogen-bond acceptors (Lipinski definition) is 4. The fraction of sp³-hybridized carbons (Fsp3) is 0.308. The van der Waals surface area contributed by atoms with E-state index < -0.39 is 9.84 Å². The van der Waals surface area contributed by atoms with E-state index in [1.165, 1.54) is 22.1 Å². The third-order valence-electron chi connectivity index (χ3n) is 6.27. The molecule has 1 aliphatic heterocycles. The average molecular weight is 464 g/mol.